The molecule has 0 aliphatic rings. The largest absolute Gasteiger partial charge is 0.394 e. The van der Waals surface area contributed by atoms with Crippen LogP contribution in [0.4, 0.5) is 0 Å². The van der Waals surface area contributed by atoms with Crippen LogP contribution in [0.5, 0.6) is 0 Å². The molecule has 3 unspecified atom stereocenters. The van der Waals surface area contributed by atoms with Gasteiger partial charge < -0.3 is 20.6 Å². The number of carbonyl (C=O) groups excluding carboxylic acids is 1. The van der Waals surface area contributed by atoms with Crippen LogP contribution in [0.2, 0.25) is 0 Å². The van der Waals surface area contributed by atoms with Crippen LogP contribution < -0.4 is 5.32 Å². The smallest absolute Gasteiger partial charge is 0.249 e. The summed E-state index contributed by atoms with van der Waals surface area (Å²) in [7, 11) is 0. The Balaban J connectivity index is 3.66. The third kappa shape index (κ3) is 44.1. The highest BCUT2D eigenvalue weighted by molar-refractivity contribution is 5.80. The second kappa shape index (κ2) is 49.7. The van der Waals surface area contributed by atoms with Crippen molar-refractivity contribution >= 4 is 5.91 Å². The Hall–Kier alpha value is -1.95. The van der Waals surface area contributed by atoms with E-state index in [0.29, 0.717) is 6.42 Å². The maximum absolute atomic E-state index is 12.5. The lowest BCUT2D eigenvalue weighted by Crippen LogP contribution is -2.48. The first-order valence-electron chi connectivity index (χ1n) is 26.1. The van der Waals surface area contributed by atoms with Gasteiger partial charge >= 0.3 is 0 Å². The number of nitrogens with one attached hydrogen (secondary N) is 1. The molecule has 4 N–H and O–H groups in total. The van der Waals surface area contributed by atoms with Crippen molar-refractivity contribution in [2.24, 2.45) is 0 Å². The number of hydrogen-bond donors (Lipinski definition) is 4. The number of rotatable bonds is 47. The molecule has 0 heterocycles. The van der Waals surface area contributed by atoms with Gasteiger partial charge in [-0.1, -0.05) is 242 Å². The molecule has 0 aliphatic carbocycles. The van der Waals surface area contributed by atoms with Gasteiger partial charge in [0, 0.05) is 0 Å². The Morgan fingerprint density at radius 3 is 1.12 bits per heavy atom. The Morgan fingerprint density at radius 1 is 0.417 bits per heavy atom. The number of unbranched alkanes of at least 4 members (excludes halogenated alkanes) is 31. The van der Waals surface area contributed by atoms with Gasteiger partial charge in [0.05, 0.1) is 18.8 Å². The van der Waals surface area contributed by atoms with Crippen LogP contribution in [0.25, 0.3) is 0 Å². The average Bonchev–Trinajstić information content (AvgIpc) is 3.25. The molecule has 0 saturated carbocycles. The van der Waals surface area contributed by atoms with Crippen molar-refractivity contribution in [3.8, 4) is 0 Å². The maximum Gasteiger partial charge on any atom is 0.249 e. The van der Waals surface area contributed by atoms with Gasteiger partial charge in [0.25, 0.3) is 0 Å². The fraction of sp³-hybridized carbons (Fsp3) is 0.800. The van der Waals surface area contributed by atoms with Crippen molar-refractivity contribution in [1.82, 2.24) is 5.32 Å². The number of amides is 1. The van der Waals surface area contributed by atoms with E-state index in [-0.39, 0.29) is 6.61 Å². The van der Waals surface area contributed by atoms with Gasteiger partial charge in [0.2, 0.25) is 5.91 Å². The molecular formula is C55H101NO4. The minimum atomic E-state index is -1.11. The zero-order valence-electron chi connectivity index (χ0n) is 39.8. The monoisotopic (exact) mass is 840 g/mol. The van der Waals surface area contributed by atoms with Crippen molar-refractivity contribution in [2.45, 2.75) is 276 Å². The molecule has 0 spiro atoms. The molecule has 0 aromatic carbocycles. The minimum absolute atomic E-state index is 0.383. The third-order valence-corrected chi connectivity index (χ3v) is 11.8. The van der Waals surface area contributed by atoms with Crippen LogP contribution >= 0.6 is 0 Å². The molecule has 0 aromatic rings. The van der Waals surface area contributed by atoms with E-state index >= 15 is 0 Å². The summed E-state index contributed by atoms with van der Waals surface area (Å²) in [4.78, 5) is 12.5. The van der Waals surface area contributed by atoms with Crippen LogP contribution in [0, 0.1) is 0 Å². The first kappa shape index (κ1) is 58.0. The van der Waals surface area contributed by atoms with Crippen LogP contribution in [0.3, 0.4) is 0 Å². The van der Waals surface area contributed by atoms with Gasteiger partial charge in [-0.2, -0.15) is 0 Å². The molecule has 0 rings (SSSR count). The minimum Gasteiger partial charge on any atom is -0.394 e. The van der Waals surface area contributed by atoms with Gasteiger partial charge in [-0.05, 0) is 77.0 Å². The van der Waals surface area contributed by atoms with E-state index in [2.05, 4.69) is 67.8 Å². The summed E-state index contributed by atoms with van der Waals surface area (Å²) in [5.41, 5.74) is 0. The molecule has 350 valence electrons. The second-order valence-corrected chi connectivity index (χ2v) is 17.7. The van der Waals surface area contributed by atoms with E-state index in [1.165, 1.54) is 186 Å². The van der Waals surface area contributed by atoms with E-state index < -0.39 is 24.2 Å². The molecule has 0 saturated heterocycles. The SMILES string of the molecule is CCCCCCCCCC/C=C/CC/C=C/CC/C=C/C(O)C(CO)NC(=O)C(O)CCCCCCCCCCCCCC/C=C\C/C=C\CCCCCCCCCCC. The fourth-order valence-corrected chi connectivity index (χ4v) is 7.72. The van der Waals surface area contributed by atoms with E-state index in [1.807, 2.05) is 6.08 Å². The third-order valence-electron chi connectivity index (χ3n) is 11.8. The van der Waals surface area contributed by atoms with E-state index in [9.17, 15) is 20.1 Å². The first-order valence-corrected chi connectivity index (χ1v) is 26.1. The van der Waals surface area contributed by atoms with Crippen molar-refractivity contribution < 1.29 is 20.1 Å². The molecule has 5 heteroatoms. The number of allylic oxidation sites excluding steroid dienone is 9. The van der Waals surface area contributed by atoms with E-state index in [1.54, 1.807) is 6.08 Å². The lowest BCUT2D eigenvalue weighted by molar-refractivity contribution is -0.131. The van der Waals surface area contributed by atoms with Crippen molar-refractivity contribution in [2.75, 3.05) is 6.61 Å². The van der Waals surface area contributed by atoms with Crippen LogP contribution in [0.15, 0.2) is 60.8 Å². The average molecular weight is 840 g/mol. The van der Waals surface area contributed by atoms with Crippen LogP contribution in [-0.2, 0) is 4.79 Å². The van der Waals surface area contributed by atoms with Gasteiger partial charge in [0.15, 0.2) is 0 Å². The van der Waals surface area contributed by atoms with Gasteiger partial charge in [-0.3, -0.25) is 4.79 Å². The zero-order valence-corrected chi connectivity index (χ0v) is 39.8. The summed E-state index contributed by atoms with van der Waals surface area (Å²) < 4.78 is 0. The van der Waals surface area contributed by atoms with Gasteiger partial charge in [0.1, 0.15) is 6.10 Å². The Labute approximate surface area is 373 Å². The number of hydrogen-bond acceptors (Lipinski definition) is 4. The molecular weight excluding hydrogens is 739 g/mol. The molecule has 5 nitrogen and oxygen atoms in total. The lowest BCUT2D eigenvalue weighted by atomic mass is 10.0. The predicted molar refractivity (Wildman–Crippen MR) is 264 cm³/mol. The molecule has 0 aliphatic heterocycles. The summed E-state index contributed by atoms with van der Waals surface area (Å²) in [5.74, 6) is -0.518. The van der Waals surface area contributed by atoms with Gasteiger partial charge in [-0.15, -0.1) is 0 Å². The molecule has 0 fully saturated rings. The summed E-state index contributed by atoms with van der Waals surface area (Å²) in [6.45, 7) is 4.17. The molecule has 1 amide bonds. The van der Waals surface area contributed by atoms with Crippen molar-refractivity contribution in [1.29, 1.82) is 0 Å². The summed E-state index contributed by atoms with van der Waals surface area (Å²) in [6, 6.07) is -0.824. The normalized spacial score (nSPS) is 13.9. The van der Waals surface area contributed by atoms with Crippen molar-refractivity contribution in [3.05, 3.63) is 60.8 Å². The Morgan fingerprint density at radius 2 is 0.733 bits per heavy atom. The highest BCUT2D eigenvalue weighted by atomic mass is 16.3. The lowest BCUT2D eigenvalue weighted by Gasteiger charge is -2.21. The molecule has 0 bridgehead atoms. The second-order valence-electron chi connectivity index (χ2n) is 17.7. The quantitative estimate of drug-likeness (QED) is 0.0363. The van der Waals surface area contributed by atoms with Gasteiger partial charge in [-0.25, -0.2) is 0 Å². The Bertz CT molecular complexity index is 1020. The molecule has 0 aromatic heterocycles. The molecule has 3 atom stereocenters. The predicted octanol–water partition coefficient (Wildman–Crippen LogP) is 15.8. The fourth-order valence-electron chi connectivity index (χ4n) is 7.72. The van der Waals surface area contributed by atoms with Crippen LogP contribution in [0.1, 0.15) is 258 Å². The Kier molecular flexibility index (Phi) is 48.1. The standard InChI is InChI=1S/C55H101NO4/c1-3-5-7-9-11-13-15-17-19-21-23-24-25-26-27-28-29-30-31-32-34-36-38-40-42-44-46-48-50-54(59)55(60)56-52(51-57)53(58)49-47-45-43-41-39-37-35-33-22-20-18-16-14-12-10-8-6-4-2/h22-24,26-27,33,39,41,47,49,52-54,57-59H,3-21,25,28-32,34-38,40,42-46,48,50-51H2,1-2H3,(H,56,60)/b24-23-,27-26-,33-22+,41-39+,49-47+. The topological polar surface area (TPSA) is 89.8 Å². The zero-order chi connectivity index (χ0) is 43.7. The van der Waals surface area contributed by atoms with Crippen LogP contribution in [-0.4, -0.2) is 46.1 Å². The summed E-state index contributed by atoms with van der Waals surface area (Å²) in [5, 5.41) is 33.2. The molecule has 60 heavy (non-hydrogen) atoms. The number of aliphatic hydroxyl groups is 3. The molecule has 0 radical (unpaired) electrons. The summed E-state index contributed by atoms with van der Waals surface area (Å²) >= 11 is 0. The maximum atomic E-state index is 12.5. The highest BCUT2D eigenvalue weighted by Crippen LogP contribution is 2.15. The number of aliphatic hydroxyl groups excluding tert-OH is 3. The van der Waals surface area contributed by atoms with Crippen molar-refractivity contribution in [3.63, 3.8) is 0 Å². The first-order chi connectivity index (χ1) is 29.6. The number of carbonyl (C=O) groups is 1. The van der Waals surface area contributed by atoms with E-state index in [4.69, 9.17) is 0 Å². The van der Waals surface area contributed by atoms with E-state index in [0.717, 1.165) is 51.4 Å². The highest BCUT2D eigenvalue weighted by Gasteiger charge is 2.22. The summed E-state index contributed by atoms with van der Waals surface area (Å²) in [6.07, 6.45) is 67.1.